The third-order valence-corrected chi connectivity index (χ3v) is 4.91. The van der Waals surface area contributed by atoms with E-state index in [1.165, 1.54) is 24.0 Å². The number of hydrogen-bond acceptors (Lipinski definition) is 2. The molecule has 4 N–H and O–H groups in total. The van der Waals surface area contributed by atoms with Crippen molar-refractivity contribution in [2.45, 2.75) is 65.2 Å². The van der Waals surface area contributed by atoms with Gasteiger partial charge in [0.1, 0.15) is 0 Å². The van der Waals surface area contributed by atoms with Crippen LogP contribution in [0.4, 0.5) is 0 Å². The number of hydrogen-bond donors (Lipinski definition) is 2. The zero-order chi connectivity index (χ0) is 16.5. The molecule has 0 amide bonds. The van der Waals surface area contributed by atoms with E-state index >= 15 is 0 Å². The first-order valence-electron chi connectivity index (χ1n) is 8.97. The molecule has 1 rings (SSSR count). The molecule has 0 saturated heterocycles. The van der Waals surface area contributed by atoms with Gasteiger partial charge in [-0.3, -0.25) is 0 Å². The summed E-state index contributed by atoms with van der Waals surface area (Å²) in [7, 11) is 0. The topological polar surface area (TPSA) is 52.0 Å². The fraction of sp³-hybridized carbons (Fsp3) is 0.700. The highest BCUT2D eigenvalue weighted by Crippen LogP contribution is 2.28. The molecule has 0 bridgehead atoms. The molecule has 0 aromatic heterocycles. The van der Waals surface area contributed by atoms with E-state index in [4.69, 9.17) is 11.5 Å². The van der Waals surface area contributed by atoms with Gasteiger partial charge in [-0.25, -0.2) is 0 Å². The molecule has 1 aromatic rings. The molecule has 0 radical (unpaired) electrons. The zero-order valence-corrected chi connectivity index (χ0v) is 15.0. The van der Waals surface area contributed by atoms with Crippen molar-refractivity contribution in [2.75, 3.05) is 13.1 Å². The van der Waals surface area contributed by atoms with Crippen LogP contribution in [-0.2, 0) is 0 Å². The van der Waals surface area contributed by atoms with Crippen molar-refractivity contribution in [1.29, 1.82) is 0 Å². The van der Waals surface area contributed by atoms with Gasteiger partial charge >= 0.3 is 0 Å². The molecule has 1 aromatic carbocycles. The van der Waals surface area contributed by atoms with Gasteiger partial charge in [-0.05, 0) is 73.6 Å². The largest absolute Gasteiger partial charge is 0.330 e. The van der Waals surface area contributed by atoms with Crippen molar-refractivity contribution < 1.29 is 0 Å². The van der Waals surface area contributed by atoms with Crippen molar-refractivity contribution >= 4 is 0 Å². The summed E-state index contributed by atoms with van der Waals surface area (Å²) in [4.78, 5) is 0. The predicted molar refractivity (Wildman–Crippen MR) is 98.2 cm³/mol. The van der Waals surface area contributed by atoms with Crippen LogP contribution < -0.4 is 11.5 Å². The maximum atomic E-state index is 5.65. The quantitative estimate of drug-likeness (QED) is 0.661. The summed E-state index contributed by atoms with van der Waals surface area (Å²) in [5.41, 5.74) is 14.2. The fourth-order valence-electron chi connectivity index (χ4n) is 3.44. The van der Waals surface area contributed by atoms with Crippen LogP contribution in [0, 0.1) is 11.8 Å². The van der Waals surface area contributed by atoms with Crippen LogP contribution in [-0.4, -0.2) is 13.1 Å². The second-order valence-electron chi connectivity index (χ2n) is 7.31. The van der Waals surface area contributed by atoms with Gasteiger partial charge in [0.15, 0.2) is 0 Å². The minimum atomic E-state index is 0.613. The normalized spacial score (nSPS) is 17.0. The first-order chi connectivity index (χ1) is 10.5. The Morgan fingerprint density at radius 1 is 0.682 bits per heavy atom. The lowest BCUT2D eigenvalue weighted by Gasteiger charge is -2.20. The summed E-state index contributed by atoms with van der Waals surface area (Å²) in [6.45, 7) is 10.9. The monoisotopic (exact) mass is 304 g/mol. The Morgan fingerprint density at radius 3 is 1.27 bits per heavy atom. The smallest absolute Gasteiger partial charge is 0.00747 e. The van der Waals surface area contributed by atoms with Gasteiger partial charge in [-0.2, -0.15) is 0 Å². The summed E-state index contributed by atoms with van der Waals surface area (Å²) < 4.78 is 0. The molecular weight excluding hydrogens is 268 g/mol. The Labute approximate surface area is 137 Å². The molecular formula is C20H36N2. The van der Waals surface area contributed by atoms with E-state index in [0.717, 1.165) is 25.9 Å². The second kappa shape index (κ2) is 10.0. The van der Waals surface area contributed by atoms with Crippen LogP contribution in [0.25, 0.3) is 0 Å². The van der Waals surface area contributed by atoms with Crippen LogP contribution in [0.15, 0.2) is 24.3 Å². The van der Waals surface area contributed by atoms with Crippen molar-refractivity contribution in [3.63, 3.8) is 0 Å². The molecule has 0 heterocycles. The number of benzene rings is 1. The van der Waals surface area contributed by atoms with Crippen molar-refractivity contribution in [3.05, 3.63) is 35.4 Å². The first-order valence-corrected chi connectivity index (χ1v) is 8.97. The summed E-state index contributed by atoms with van der Waals surface area (Å²) in [6, 6.07) is 9.27. The van der Waals surface area contributed by atoms with Crippen molar-refractivity contribution in [1.82, 2.24) is 0 Å². The average Bonchev–Trinajstić information content (AvgIpc) is 2.47. The molecule has 4 unspecified atom stereocenters. The van der Waals surface area contributed by atoms with Gasteiger partial charge in [-0.15, -0.1) is 0 Å². The molecule has 2 heteroatoms. The van der Waals surface area contributed by atoms with Crippen LogP contribution in [0.2, 0.25) is 0 Å². The molecule has 22 heavy (non-hydrogen) atoms. The van der Waals surface area contributed by atoms with Crippen LogP contribution in [0.3, 0.4) is 0 Å². The zero-order valence-electron chi connectivity index (χ0n) is 15.0. The van der Waals surface area contributed by atoms with Crippen LogP contribution in [0.5, 0.6) is 0 Å². The molecule has 0 saturated carbocycles. The molecule has 0 aliphatic heterocycles. The van der Waals surface area contributed by atoms with Gasteiger partial charge in [0, 0.05) is 0 Å². The third-order valence-electron chi connectivity index (χ3n) is 4.91. The summed E-state index contributed by atoms with van der Waals surface area (Å²) in [5.74, 6) is 2.63. The SMILES string of the molecule is CC(CCN)CC(C)c1ccc(C(C)CC(C)CCN)cc1. The number of nitrogens with two attached hydrogens (primary N) is 2. The van der Waals surface area contributed by atoms with Gasteiger partial charge in [0.25, 0.3) is 0 Å². The Balaban J connectivity index is 2.58. The van der Waals surface area contributed by atoms with E-state index < -0.39 is 0 Å². The molecule has 0 aliphatic rings. The first kappa shape index (κ1) is 19.2. The Bertz CT molecular complexity index is 360. The van der Waals surface area contributed by atoms with Crippen molar-refractivity contribution in [2.24, 2.45) is 23.3 Å². The van der Waals surface area contributed by atoms with Gasteiger partial charge in [0.05, 0.1) is 0 Å². The standard InChI is InChI=1S/C20H36N2/c1-15(9-11-21)13-17(3)19-5-7-20(8-6-19)18(4)14-16(2)10-12-22/h5-8,15-18H,9-14,21-22H2,1-4H3. The van der Waals surface area contributed by atoms with Gasteiger partial charge in [0.2, 0.25) is 0 Å². The second-order valence-corrected chi connectivity index (χ2v) is 7.31. The minimum Gasteiger partial charge on any atom is -0.330 e. The fourth-order valence-corrected chi connectivity index (χ4v) is 3.44. The summed E-state index contributed by atoms with van der Waals surface area (Å²) in [6.07, 6.45) is 4.69. The molecule has 0 spiro atoms. The van der Waals surface area contributed by atoms with Crippen LogP contribution in [0.1, 0.15) is 76.3 Å². The summed E-state index contributed by atoms with van der Waals surface area (Å²) >= 11 is 0. The van der Waals surface area contributed by atoms with Gasteiger partial charge in [-0.1, -0.05) is 52.0 Å². The van der Waals surface area contributed by atoms with Gasteiger partial charge < -0.3 is 11.5 Å². The van der Waals surface area contributed by atoms with E-state index in [0.29, 0.717) is 23.7 Å². The highest BCUT2D eigenvalue weighted by molar-refractivity contribution is 5.27. The maximum absolute atomic E-state index is 5.65. The lowest BCUT2D eigenvalue weighted by Crippen LogP contribution is -2.09. The molecule has 2 nitrogen and oxygen atoms in total. The van der Waals surface area contributed by atoms with E-state index in [9.17, 15) is 0 Å². The minimum absolute atomic E-state index is 0.613. The van der Waals surface area contributed by atoms with E-state index in [1.54, 1.807) is 0 Å². The molecule has 0 aliphatic carbocycles. The highest BCUT2D eigenvalue weighted by atomic mass is 14.5. The lowest BCUT2D eigenvalue weighted by molar-refractivity contribution is 0.456. The Hall–Kier alpha value is -0.860. The molecule has 4 atom stereocenters. The van der Waals surface area contributed by atoms with E-state index in [1.807, 2.05) is 0 Å². The summed E-state index contributed by atoms with van der Waals surface area (Å²) in [5, 5.41) is 0. The van der Waals surface area contributed by atoms with E-state index in [-0.39, 0.29) is 0 Å². The molecule has 0 fully saturated rings. The predicted octanol–water partition coefficient (Wildman–Crippen LogP) is 4.64. The Morgan fingerprint density at radius 2 is 1.00 bits per heavy atom. The van der Waals surface area contributed by atoms with Crippen molar-refractivity contribution in [3.8, 4) is 0 Å². The molecule has 126 valence electrons. The average molecular weight is 305 g/mol. The van der Waals surface area contributed by atoms with E-state index in [2.05, 4.69) is 52.0 Å². The highest BCUT2D eigenvalue weighted by Gasteiger charge is 2.13. The Kier molecular flexibility index (Phi) is 8.74. The maximum Gasteiger partial charge on any atom is -0.00747 e. The third kappa shape index (κ3) is 6.50. The number of rotatable bonds is 10. The van der Waals surface area contributed by atoms with Crippen LogP contribution >= 0.6 is 0 Å². The lowest BCUT2D eigenvalue weighted by atomic mass is 9.86.